The average Bonchev–Trinajstić information content (AvgIpc) is 3.61. The van der Waals surface area contributed by atoms with Crippen LogP contribution in [0.2, 0.25) is 0 Å². The van der Waals surface area contributed by atoms with Crippen molar-refractivity contribution < 1.29 is 34.2 Å². The minimum atomic E-state index is -1.59. The van der Waals surface area contributed by atoms with E-state index in [-0.39, 0.29) is 25.7 Å². The number of carboxylic acid groups (broad SMARTS) is 1. The number of nitrogens with two attached hydrogens (primary N) is 2. The van der Waals surface area contributed by atoms with Crippen molar-refractivity contribution in [2.75, 3.05) is 0 Å². The number of carbonyl (C=O) groups is 5. The van der Waals surface area contributed by atoms with Crippen LogP contribution in [0.1, 0.15) is 30.9 Å². The average molecular weight is 620 g/mol. The molecule has 0 saturated heterocycles. The van der Waals surface area contributed by atoms with Gasteiger partial charge in [0.15, 0.2) is 0 Å². The summed E-state index contributed by atoms with van der Waals surface area (Å²) < 4.78 is 0. The van der Waals surface area contributed by atoms with E-state index in [1.807, 2.05) is 42.5 Å². The molecule has 14 heteroatoms. The lowest BCUT2D eigenvalue weighted by molar-refractivity contribution is -0.143. The van der Waals surface area contributed by atoms with Gasteiger partial charge >= 0.3 is 5.97 Å². The van der Waals surface area contributed by atoms with E-state index in [9.17, 15) is 34.2 Å². The van der Waals surface area contributed by atoms with Crippen molar-refractivity contribution in [3.8, 4) is 0 Å². The maximum atomic E-state index is 13.3. The number of primary amides is 1. The Morgan fingerprint density at radius 3 is 1.84 bits per heavy atom. The smallest absolute Gasteiger partial charge is 0.326 e. The number of aromatic amines is 2. The van der Waals surface area contributed by atoms with Crippen LogP contribution >= 0.6 is 0 Å². The Labute approximate surface area is 257 Å². The molecule has 5 unspecified atom stereocenters. The van der Waals surface area contributed by atoms with Gasteiger partial charge in [-0.15, -0.1) is 0 Å². The van der Waals surface area contributed by atoms with Gasteiger partial charge in [-0.1, -0.05) is 36.4 Å². The van der Waals surface area contributed by atoms with Crippen LogP contribution in [0.4, 0.5) is 0 Å². The summed E-state index contributed by atoms with van der Waals surface area (Å²) in [4.78, 5) is 69.3. The molecule has 5 atom stereocenters. The number of benzene rings is 2. The van der Waals surface area contributed by atoms with Crippen molar-refractivity contribution in [1.82, 2.24) is 25.9 Å². The first-order valence-corrected chi connectivity index (χ1v) is 14.4. The summed E-state index contributed by atoms with van der Waals surface area (Å²) in [5.74, 6) is -4.58. The molecule has 4 amide bonds. The number of para-hydroxylation sites is 2. The minimum Gasteiger partial charge on any atom is -0.480 e. The van der Waals surface area contributed by atoms with Crippen LogP contribution in [0.15, 0.2) is 60.9 Å². The third kappa shape index (κ3) is 8.25. The predicted molar refractivity (Wildman–Crippen MR) is 166 cm³/mol. The number of nitrogens with one attached hydrogen (secondary N) is 5. The van der Waals surface area contributed by atoms with Gasteiger partial charge in [0, 0.05) is 47.0 Å². The highest BCUT2D eigenvalue weighted by atomic mass is 16.4. The first-order valence-electron chi connectivity index (χ1n) is 14.4. The van der Waals surface area contributed by atoms with E-state index in [0.717, 1.165) is 27.4 Å². The van der Waals surface area contributed by atoms with Crippen LogP contribution in [0.5, 0.6) is 0 Å². The Balaban J connectivity index is 1.44. The van der Waals surface area contributed by atoms with E-state index in [2.05, 4.69) is 25.9 Å². The summed E-state index contributed by atoms with van der Waals surface area (Å²) in [7, 11) is 0. The summed E-state index contributed by atoms with van der Waals surface area (Å²) in [5.41, 5.74) is 14.5. The first-order chi connectivity index (χ1) is 21.4. The fourth-order valence-corrected chi connectivity index (χ4v) is 5.11. The zero-order valence-corrected chi connectivity index (χ0v) is 24.6. The number of carboxylic acids is 1. The number of aliphatic carboxylic acids is 1. The second-order valence-electron chi connectivity index (χ2n) is 10.9. The number of carbonyl (C=O) groups excluding carboxylic acids is 4. The molecule has 2 aromatic carbocycles. The number of fused-ring (bicyclic) bond motifs is 2. The molecule has 4 rings (SSSR count). The van der Waals surface area contributed by atoms with Gasteiger partial charge in [0.1, 0.15) is 18.1 Å². The molecule has 2 heterocycles. The van der Waals surface area contributed by atoms with Gasteiger partial charge in [-0.25, -0.2) is 4.79 Å². The summed E-state index contributed by atoms with van der Waals surface area (Å²) in [6.45, 7) is 1.24. The molecule has 0 saturated carbocycles. The van der Waals surface area contributed by atoms with Crippen LogP contribution in [0, 0.1) is 0 Å². The van der Waals surface area contributed by atoms with Gasteiger partial charge in [0.2, 0.25) is 23.6 Å². The highest BCUT2D eigenvalue weighted by Crippen LogP contribution is 2.20. The number of hydrogen-bond acceptors (Lipinski definition) is 7. The second kappa shape index (κ2) is 14.5. The third-order valence-electron chi connectivity index (χ3n) is 7.54. The maximum absolute atomic E-state index is 13.3. The van der Waals surface area contributed by atoms with Crippen LogP contribution in [0.3, 0.4) is 0 Å². The van der Waals surface area contributed by atoms with Crippen molar-refractivity contribution in [3.05, 3.63) is 72.1 Å². The van der Waals surface area contributed by atoms with E-state index in [4.69, 9.17) is 11.5 Å². The van der Waals surface area contributed by atoms with Crippen molar-refractivity contribution >= 4 is 51.4 Å². The molecule has 0 aliphatic rings. The Bertz CT molecular complexity index is 1700. The monoisotopic (exact) mass is 619 g/mol. The summed E-state index contributed by atoms with van der Waals surface area (Å²) >= 11 is 0. The summed E-state index contributed by atoms with van der Waals surface area (Å²) in [6.07, 6.45) is 1.53. The SMILES string of the molecule is CC(O)C(NC(=O)C(CCC(N)=O)NC(=O)C(N)Cc1c[nH]c2ccccc12)C(=O)NC(Cc1c[nH]c2ccccc12)C(=O)O. The van der Waals surface area contributed by atoms with E-state index < -0.39 is 59.9 Å². The lowest BCUT2D eigenvalue weighted by Gasteiger charge is -2.26. The van der Waals surface area contributed by atoms with Gasteiger partial charge < -0.3 is 47.6 Å². The third-order valence-corrected chi connectivity index (χ3v) is 7.54. The van der Waals surface area contributed by atoms with Crippen molar-refractivity contribution in [2.24, 2.45) is 11.5 Å². The molecule has 0 aliphatic carbocycles. The first kappa shape index (κ1) is 32.7. The molecule has 238 valence electrons. The number of H-pyrrole nitrogens is 2. The highest BCUT2D eigenvalue weighted by Gasteiger charge is 2.33. The quantitative estimate of drug-likeness (QED) is 0.0871. The molecular weight excluding hydrogens is 582 g/mol. The molecule has 14 nitrogen and oxygen atoms in total. The van der Waals surface area contributed by atoms with Crippen molar-refractivity contribution in [1.29, 1.82) is 0 Å². The molecule has 0 fully saturated rings. The lowest BCUT2D eigenvalue weighted by Crippen LogP contribution is -2.60. The van der Waals surface area contributed by atoms with Crippen LogP contribution in [0.25, 0.3) is 21.8 Å². The fraction of sp³-hybridized carbons (Fsp3) is 0.323. The van der Waals surface area contributed by atoms with Gasteiger partial charge in [-0.2, -0.15) is 0 Å². The van der Waals surface area contributed by atoms with E-state index in [1.165, 1.54) is 6.92 Å². The standard InChI is InChI=1S/C31H37N7O7/c1-16(39)27(30(43)37-25(31(44)45)13-18-15-35-23-9-5-3-7-20(18)23)38-29(42)24(10-11-26(33)40)36-28(41)21(32)12-17-14-34-22-8-4-2-6-19(17)22/h2-9,14-16,21,24-25,27,34-35,39H,10-13,32H2,1H3,(H2,33,40)(H,36,41)(H,37,43)(H,38,42)(H,44,45). The van der Waals surface area contributed by atoms with Gasteiger partial charge in [-0.3, -0.25) is 19.2 Å². The Morgan fingerprint density at radius 1 is 0.778 bits per heavy atom. The number of aliphatic hydroxyl groups excluding tert-OH is 1. The normalized spacial score (nSPS) is 14.6. The zero-order chi connectivity index (χ0) is 32.7. The second-order valence-corrected chi connectivity index (χ2v) is 10.9. The van der Waals surface area contributed by atoms with E-state index >= 15 is 0 Å². The van der Waals surface area contributed by atoms with E-state index in [1.54, 1.807) is 18.5 Å². The number of rotatable bonds is 15. The molecule has 11 N–H and O–H groups in total. The molecule has 0 aliphatic heterocycles. The summed E-state index contributed by atoms with van der Waals surface area (Å²) in [6, 6.07) is 9.37. The lowest BCUT2D eigenvalue weighted by atomic mass is 10.0. The van der Waals surface area contributed by atoms with Crippen molar-refractivity contribution in [2.45, 2.75) is 62.9 Å². The number of aliphatic hydroxyl groups is 1. The highest BCUT2D eigenvalue weighted by molar-refractivity contribution is 5.95. The number of amides is 4. The topological polar surface area (TPSA) is 246 Å². The minimum absolute atomic E-state index is 0.0722. The molecule has 4 aromatic rings. The number of hydrogen-bond donors (Lipinski definition) is 9. The molecule has 0 bridgehead atoms. The van der Waals surface area contributed by atoms with Crippen LogP contribution in [-0.4, -0.2) is 80.1 Å². The van der Waals surface area contributed by atoms with Crippen LogP contribution < -0.4 is 27.4 Å². The molecule has 0 radical (unpaired) electrons. The van der Waals surface area contributed by atoms with Crippen molar-refractivity contribution in [3.63, 3.8) is 0 Å². The zero-order valence-electron chi connectivity index (χ0n) is 24.6. The van der Waals surface area contributed by atoms with Gasteiger partial charge in [0.05, 0.1) is 12.1 Å². The van der Waals surface area contributed by atoms with Gasteiger partial charge in [-0.05, 0) is 43.0 Å². The Morgan fingerprint density at radius 2 is 1.31 bits per heavy atom. The largest absolute Gasteiger partial charge is 0.480 e. The molecular formula is C31H37N7O7. The van der Waals surface area contributed by atoms with Crippen LogP contribution in [-0.2, 0) is 36.8 Å². The molecule has 0 spiro atoms. The summed E-state index contributed by atoms with van der Waals surface area (Å²) in [5, 5.41) is 29.1. The fourth-order valence-electron chi connectivity index (χ4n) is 5.11. The number of aromatic nitrogens is 2. The maximum Gasteiger partial charge on any atom is 0.326 e. The molecule has 2 aromatic heterocycles. The Kier molecular flexibility index (Phi) is 10.5. The predicted octanol–water partition coefficient (Wildman–Crippen LogP) is -0.0530. The molecule has 45 heavy (non-hydrogen) atoms. The van der Waals surface area contributed by atoms with E-state index in [0.29, 0.717) is 5.56 Å². The Hall–Kier alpha value is -5.21. The van der Waals surface area contributed by atoms with Gasteiger partial charge in [0.25, 0.3) is 0 Å².